The third kappa shape index (κ3) is 1.87. The first-order valence-electron chi connectivity index (χ1n) is 4.50. The van der Waals surface area contributed by atoms with Gasteiger partial charge in [-0.15, -0.1) is 11.3 Å². The van der Waals surface area contributed by atoms with Crippen LogP contribution >= 0.6 is 11.3 Å². The van der Waals surface area contributed by atoms with E-state index >= 15 is 0 Å². The summed E-state index contributed by atoms with van der Waals surface area (Å²) in [4.78, 5) is 2.43. The topological polar surface area (TPSA) is 20.2 Å². The van der Waals surface area contributed by atoms with Crippen molar-refractivity contribution in [1.82, 2.24) is 0 Å². The van der Waals surface area contributed by atoms with Crippen molar-refractivity contribution in [2.45, 2.75) is 32.3 Å². The van der Waals surface area contributed by atoms with Crippen molar-refractivity contribution in [2.75, 3.05) is 0 Å². The van der Waals surface area contributed by atoms with Gasteiger partial charge in [0.25, 0.3) is 0 Å². The minimum Gasteiger partial charge on any atom is -0.388 e. The van der Waals surface area contributed by atoms with E-state index in [2.05, 4.69) is 13.0 Å². The SMILES string of the molecule is Cc1ccc(C(O)CC2CC2)s1. The van der Waals surface area contributed by atoms with Crippen molar-refractivity contribution < 1.29 is 5.11 Å². The molecular weight excluding hydrogens is 168 g/mol. The number of rotatable bonds is 3. The van der Waals surface area contributed by atoms with Crippen molar-refractivity contribution in [2.24, 2.45) is 5.92 Å². The summed E-state index contributed by atoms with van der Waals surface area (Å²) in [6.45, 7) is 2.08. The van der Waals surface area contributed by atoms with Crippen molar-refractivity contribution in [1.29, 1.82) is 0 Å². The van der Waals surface area contributed by atoms with E-state index in [0.29, 0.717) is 0 Å². The molecule has 1 aliphatic rings. The fraction of sp³-hybridized carbons (Fsp3) is 0.600. The monoisotopic (exact) mass is 182 g/mol. The molecule has 12 heavy (non-hydrogen) atoms. The lowest BCUT2D eigenvalue weighted by molar-refractivity contribution is 0.164. The molecule has 2 heteroatoms. The summed E-state index contributed by atoms with van der Waals surface area (Å²) in [5.74, 6) is 0.808. The van der Waals surface area contributed by atoms with Crippen LogP contribution in [0.15, 0.2) is 12.1 Å². The zero-order valence-electron chi connectivity index (χ0n) is 7.29. The van der Waals surface area contributed by atoms with Crippen molar-refractivity contribution in [3.05, 3.63) is 21.9 Å². The molecule has 66 valence electrons. The van der Waals surface area contributed by atoms with Crippen LogP contribution in [0, 0.1) is 12.8 Å². The van der Waals surface area contributed by atoms with Crippen LogP contribution in [0.4, 0.5) is 0 Å². The Morgan fingerprint density at radius 2 is 2.33 bits per heavy atom. The quantitative estimate of drug-likeness (QED) is 0.762. The van der Waals surface area contributed by atoms with Crippen LogP contribution in [0.5, 0.6) is 0 Å². The van der Waals surface area contributed by atoms with E-state index in [1.54, 1.807) is 11.3 Å². The van der Waals surface area contributed by atoms with Crippen LogP contribution in [0.1, 0.15) is 35.1 Å². The van der Waals surface area contributed by atoms with E-state index < -0.39 is 0 Å². The van der Waals surface area contributed by atoms with Crippen LogP contribution < -0.4 is 0 Å². The average molecular weight is 182 g/mol. The average Bonchev–Trinajstić information content (AvgIpc) is 2.72. The highest BCUT2D eigenvalue weighted by molar-refractivity contribution is 7.11. The zero-order valence-corrected chi connectivity index (χ0v) is 8.10. The molecule has 1 saturated carbocycles. The third-order valence-corrected chi connectivity index (χ3v) is 3.45. The second kappa shape index (κ2) is 3.19. The Labute approximate surface area is 77.0 Å². The maximum absolute atomic E-state index is 9.75. The van der Waals surface area contributed by atoms with Gasteiger partial charge < -0.3 is 5.11 Å². The lowest BCUT2D eigenvalue weighted by atomic mass is 10.1. The first-order valence-corrected chi connectivity index (χ1v) is 5.32. The molecule has 1 atom stereocenters. The zero-order chi connectivity index (χ0) is 8.55. The highest BCUT2D eigenvalue weighted by atomic mass is 32.1. The van der Waals surface area contributed by atoms with Gasteiger partial charge in [-0.2, -0.15) is 0 Å². The van der Waals surface area contributed by atoms with Crippen molar-refractivity contribution in [3.63, 3.8) is 0 Å². The fourth-order valence-corrected chi connectivity index (χ4v) is 2.29. The summed E-state index contributed by atoms with van der Waals surface area (Å²) in [7, 11) is 0. The molecule has 1 aromatic rings. The van der Waals surface area contributed by atoms with Gasteiger partial charge in [-0.05, 0) is 31.4 Å². The summed E-state index contributed by atoms with van der Waals surface area (Å²) < 4.78 is 0. The van der Waals surface area contributed by atoms with E-state index in [4.69, 9.17) is 0 Å². The van der Waals surface area contributed by atoms with Crippen LogP contribution in [0.3, 0.4) is 0 Å². The molecule has 0 amide bonds. The van der Waals surface area contributed by atoms with Crippen LogP contribution in [0.2, 0.25) is 0 Å². The molecule has 1 unspecified atom stereocenters. The van der Waals surface area contributed by atoms with Gasteiger partial charge in [-0.25, -0.2) is 0 Å². The molecule has 1 N–H and O–H groups in total. The number of aliphatic hydroxyl groups is 1. The molecule has 1 heterocycles. The van der Waals surface area contributed by atoms with Gasteiger partial charge in [0.2, 0.25) is 0 Å². The minimum absolute atomic E-state index is 0.198. The number of hydrogen-bond acceptors (Lipinski definition) is 2. The molecule has 0 radical (unpaired) electrons. The van der Waals surface area contributed by atoms with Gasteiger partial charge in [0, 0.05) is 9.75 Å². The van der Waals surface area contributed by atoms with E-state index in [-0.39, 0.29) is 6.10 Å². The Balaban J connectivity index is 1.97. The Morgan fingerprint density at radius 1 is 1.58 bits per heavy atom. The molecule has 0 aliphatic heterocycles. The molecule has 0 bridgehead atoms. The molecule has 1 aromatic heterocycles. The molecule has 0 spiro atoms. The predicted molar refractivity (Wildman–Crippen MR) is 51.4 cm³/mol. The predicted octanol–water partition coefficient (Wildman–Crippen LogP) is 2.89. The first-order chi connectivity index (χ1) is 5.75. The smallest absolute Gasteiger partial charge is 0.0884 e. The molecule has 0 saturated heterocycles. The third-order valence-electron chi connectivity index (χ3n) is 2.34. The van der Waals surface area contributed by atoms with E-state index in [0.717, 1.165) is 17.2 Å². The molecule has 1 fully saturated rings. The standard InChI is InChI=1S/C10H14OS/c1-7-2-5-10(12-7)9(11)6-8-3-4-8/h2,5,8-9,11H,3-4,6H2,1H3. The second-order valence-electron chi connectivity index (χ2n) is 3.64. The Bertz CT molecular complexity index is 263. The molecule has 1 nitrogen and oxygen atoms in total. The number of thiophene rings is 1. The lowest BCUT2D eigenvalue weighted by Gasteiger charge is -2.05. The molecule has 1 aliphatic carbocycles. The van der Waals surface area contributed by atoms with Crippen LogP contribution in [-0.4, -0.2) is 5.11 Å². The van der Waals surface area contributed by atoms with Crippen LogP contribution in [-0.2, 0) is 0 Å². The van der Waals surface area contributed by atoms with Gasteiger partial charge >= 0.3 is 0 Å². The fourth-order valence-electron chi connectivity index (χ4n) is 1.42. The lowest BCUT2D eigenvalue weighted by Crippen LogP contribution is -1.94. The molecular formula is C10H14OS. The maximum atomic E-state index is 9.75. The van der Waals surface area contributed by atoms with Gasteiger partial charge in [0.1, 0.15) is 0 Å². The summed E-state index contributed by atoms with van der Waals surface area (Å²) in [6, 6.07) is 4.13. The molecule has 2 rings (SSSR count). The maximum Gasteiger partial charge on any atom is 0.0884 e. The first kappa shape index (κ1) is 8.27. The van der Waals surface area contributed by atoms with Crippen molar-refractivity contribution in [3.8, 4) is 0 Å². The number of aliphatic hydroxyl groups excluding tert-OH is 1. The Hall–Kier alpha value is -0.340. The van der Waals surface area contributed by atoms with E-state index in [9.17, 15) is 5.11 Å². The summed E-state index contributed by atoms with van der Waals surface area (Å²) in [5, 5.41) is 9.75. The number of aryl methyl sites for hydroxylation is 1. The Kier molecular flexibility index (Phi) is 2.20. The Morgan fingerprint density at radius 3 is 2.83 bits per heavy atom. The van der Waals surface area contributed by atoms with Gasteiger partial charge in [0.05, 0.1) is 6.10 Å². The minimum atomic E-state index is -0.198. The van der Waals surface area contributed by atoms with Crippen LogP contribution in [0.25, 0.3) is 0 Å². The summed E-state index contributed by atoms with van der Waals surface area (Å²) >= 11 is 1.72. The highest BCUT2D eigenvalue weighted by Crippen LogP contribution is 2.38. The van der Waals surface area contributed by atoms with E-state index in [1.807, 2.05) is 6.07 Å². The normalized spacial score (nSPS) is 19.5. The summed E-state index contributed by atoms with van der Waals surface area (Å²) in [6.07, 6.45) is 3.42. The van der Waals surface area contributed by atoms with Gasteiger partial charge in [0.15, 0.2) is 0 Å². The van der Waals surface area contributed by atoms with Gasteiger partial charge in [-0.1, -0.05) is 12.8 Å². The van der Waals surface area contributed by atoms with Crippen molar-refractivity contribution >= 4 is 11.3 Å². The van der Waals surface area contributed by atoms with Gasteiger partial charge in [-0.3, -0.25) is 0 Å². The largest absolute Gasteiger partial charge is 0.388 e. The second-order valence-corrected chi connectivity index (χ2v) is 4.96. The van der Waals surface area contributed by atoms with E-state index in [1.165, 1.54) is 17.7 Å². The molecule has 0 aromatic carbocycles. The number of hydrogen-bond donors (Lipinski definition) is 1. The highest BCUT2D eigenvalue weighted by Gasteiger charge is 2.25. The summed E-state index contributed by atoms with van der Waals surface area (Å²) in [5.41, 5.74) is 0.